The van der Waals surface area contributed by atoms with Crippen molar-refractivity contribution in [1.82, 2.24) is 9.97 Å². The van der Waals surface area contributed by atoms with E-state index in [1.807, 2.05) is 32.0 Å². The Kier molecular flexibility index (Phi) is 6.42. The fourth-order valence-corrected chi connectivity index (χ4v) is 3.39. The second kappa shape index (κ2) is 8.77. The van der Waals surface area contributed by atoms with Gasteiger partial charge >= 0.3 is 11.4 Å². The van der Waals surface area contributed by atoms with Gasteiger partial charge in [0, 0.05) is 6.42 Å². The van der Waals surface area contributed by atoms with Crippen molar-refractivity contribution in [2.45, 2.75) is 26.4 Å². The van der Waals surface area contributed by atoms with Gasteiger partial charge in [-0.2, -0.15) is 4.21 Å². The number of aryl methyl sites for hydroxylation is 2. The lowest BCUT2D eigenvalue weighted by Gasteiger charge is -2.13. The van der Waals surface area contributed by atoms with Gasteiger partial charge in [-0.25, -0.2) is 9.97 Å². The van der Waals surface area contributed by atoms with Gasteiger partial charge in [-0.05, 0) is 31.0 Å². The summed E-state index contributed by atoms with van der Waals surface area (Å²) in [6, 6.07) is 5.95. The van der Waals surface area contributed by atoms with Gasteiger partial charge < -0.3 is 10.1 Å². The zero-order valence-electron chi connectivity index (χ0n) is 14.5. The van der Waals surface area contributed by atoms with E-state index in [1.165, 1.54) is 6.33 Å². The van der Waals surface area contributed by atoms with Crippen molar-refractivity contribution in [3.63, 3.8) is 0 Å². The Labute approximate surface area is 159 Å². The zero-order chi connectivity index (χ0) is 18.5. The molecule has 1 N–H and O–H groups in total. The van der Waals surface area contributed by atoms with Crippen molar-refractivity contribution in [2.75, 3.05) is 25.1 Å². The molecule has 2 heterocycles. The van der Waals surface area contributed by atoms with Crippen LogP contribution in [0.2, 0.25) is 5.02 Å². The van der Waals surface area contributed by atoms with E-state index >= 15 is 0 Å². The minimum Gasteiger partial charge on any atom is -0.491 e. The highest BCUT2D eigenvalue weighted by atomic mass is 35.5. The third-order valence-electron chi connectivity index (χ3n) is 3.88. The van der Waals surface area contributed by atoms with E-state index in [0.717, 1.165) is 22.6 Å². The highest BCUT2D eigenvalue weighted by Crippen LogP contribution is 2.23. The molecular weight excluding hydrogens is 378 g/mol. The Morgan fingerprint density at radius 1 is 1.38 bits per heavy atom. The quantitative estimate of drug-likeness (QED) is 0.719. The molecule has 140 valence electrons. The minimum atomic E-state index is -1.61. The van der Waals surface area contributed by atoms with Gasteiger partial charge in [-0.3, -0.25) is 8.37 Å². The Morgan fingerprint density at radius 2 is 2.23 bits per heavy atom. The van der Waals surface area contributed by atoms with Crippen molar-refractivity contribution in [1.29, 1.82) is 0 Å². The molecule has 1 saturated heterocycles. The first-order valence-electron chi connectivity index (χ1n) is 8.18. The van der Waals surface area contributed by atoms with Crippen LogP contribution in [0.4, 0.5) is 5.82 Å². The molecule has 9 heteroatoms. The number of hydrogen-bond acceptors (Lipinski definition) is 7. The van der Waals surface area contributed by atoms with Gasteiger partial charge in [-0.15, -0.1) is 0 Å². The molecule has 1 fully saturated rings. The molecule has 0 saturated carbocycles. The number of rotatable bonds is 7. The molecule has 0 bridgehead atoms. The number of nitrogens with one attached hydrogen (secondary N) is 1. The number of benzene rings is 1. The fourth-order valence-electron chi connectivity index (χ4n) is 2.57. The normalized spacial score (nSPS) is 19.5. The van der Waals surface area contributed by atoms with Gasteiger partial charge in [0.1, 0.15) is 35.6 Å². The molecule has 0 amide bonds. The van der Waals surface area contributed by atoms with Crippen LogP contribution in [0.1, 0.15) is 16.8 Å². The molecule has 0 spiro atoms. The summed E-state index contributed by atoms with van der Waals surface area (Å²) in [5.74, 6) is 1.42. The topological polar surface area (TPSA) is 82.6 Å². The minimum absolute atomic E-state index is 0.174. The SMILES string of the molecule is Cc1cc(CC2COS(=O)O2)ccc1OCCNc1ncnc(C)c1Cl. The maximum Gasteiger partial charge on any atom is 0.305 e. The van der Waals surface area contributed by atoms with E-state index in [0.29, 0.717) is 37.0 Å². The van der Waals surface area contributed by atoms with Gasteiger partial charge in [0.05, 0.1) is 18.8 Å². The number of nitrogens with zero attached hydrogens (tertiary/aromatic N) is 2. The first kappa shape index (κ1) is 19.0. The van der Waals surface area contributed by atoms with Gasteiger partial charge in [0.2, 0.25) is 0 Å². The van der Waals surface area contributed by atoms with E-state index in [2.05, 4.69) is 15.3 Å². The lowest BCUT2D eigenvalue weighted by molar-refractivity contribution is 0.240. The molecule has 0 radical (unpaired) electrons. The molecule has 2 aromatic rings. The van der Waals surface area contributed by atoms with Gasteiger partial charge in [-0.1, -0.05) is 23.7 Å². The van der Waals surface area contributed by atoms with Crippen LogP contribution < -0.4 is 10.1 Å². The first-order chi connectivity index (χ1) is 12.5. The zero-order valence-corrected chi connectivity index (χ0v) is 16.1. The van der Waals surface area contributed by atoms with E-state index in [-0.39, 0.29) is 6.10 Å². The second-order valence-corrected chi connectivity index (χ2v) is 7.12. The maximum absolute atomic E-state index is 11.1. The molecule has 1 aromatic carbocycles. The van der Waals surface area contributed by atoms with Crippen molar-refractivity contribution in [3.05, 3.63) is 46.4 Å². The average Bonchev–Trinajstić information content (AvgIpc) is 3.01. The number of hydrogen-bond donors (Lipinski definition) is 1. The Morgan fingerprint density at radius 3 is 2.96 bits per heavy atom. The number of anilines is 1. The smallest absolute Gasteiger partial charge is 0.305 e. The van der Waals surface area contributed by atoms with Crippen molar-refractivity contribution in [2.24, 2.45) is 0 Å². The highest BCUT2D eigenvalue weighted by Gasteiger charge is 2.23. The van der Waals surface area contributed by atoms with Crippen LogP contribution in [0.25, 0.3) is 0 Å². The number of ether oxygens (including phenoxy) is 1. The summed E-state index contributed by atoms with van der Waals surface area (Å²) < 4.78 is 27.0. The van der Waals surface area contributed by atoms with Crippen molar-refractivity contribution in [3.8, 4) is 5.75 Å². The summed E-state index contributed by atoms with van der Waals surface area (Å²) in [5.41, 5.74) is 2.85. The predicted octanol–water partition coefficient (Wildman–Crippen LogP) is 2.77. The molecule has 1 aliphatic rings. The molecule has 26 heavy (non-hydrogen) atoms. The Bertz CT molecular complexity index is 806. The third kappa shape index (κ3) is 4.91. The Balaban J connectivity index is 1.49. The van der Waals surface area contributed by atoms with Crippen molar-refractivity contribution >= 4 is 28.8 Å². The van der Waals surface area contributed by atoms with Crippen LogP contribution in [0.5, 0.6) is 5.75 Å². The van der Waals surface area contributed by atoms with E-state index in [1.54, 1.807) is 0 Å². The molecule has 3 rings (SSSR count). The summed E-state index contributed by atoms with van der Waals surface area (Å²) in [6.45, 7) is 5.20. The third-order valence-corrected chi connectivity index (χ3v) is 5.09. The van der Waals surface area contributed by atoms with Crippen LogP contribution >= 0.6 is 11.6 Å². The highest BCUT2D eigenvalue weighted by molar-refractivity contribution is 7.75. The summed E-state index contributed by atoms with van der Waals surface area (Å²) in [4.78, 5) is 8.14. The van der Waals surface area contributed by atoms with Crippen LogP contribution in [0.15, 0.2) is 24.5 Å². The summed E-state index contributed by atoms with van der Waals surface area (Å²) >= 11 is 4.53. The standard InChI is InChI=1S/C17H20ClN3O4S/c1-11-7-13(8-14-9-24-26(22)25-14)3-4-15(11)23-6-5-19-17-16(18)12(2)20-10-21-17/h3-4,7,10,14H,5-6,8-9H2,1-2H3,(H,19,20,21). The van der Waals surface area contributed by atoms with E-state index in [9.17, 15) is 4.21 Å². The van der Waals surface area contributed by atoms with Crippen LogP contribution in [-0.4, -0.2) is 40.0 Å². The molecule has 7 nitrogen and oxygen atoms in total. The lowest BCUT2D eigenvalue weighted by Crippen LogP contribution is -2.14. The molecular formula is C17H20ClN3O4S. The molecule has 0 aliphatic carbocycles. The number of halogens is 1. The van der Waals surface area contributed by atoms with Crippen molar-refractivity contribution < 1.29 is 17.3 Å². The summed E-state index contributed by atoms with van der Waals surface area (Å²) in [5, 5.41) is 3.66. The van der Waals surface area contributed by atoms with Crippen LogP contribution in [0.3, 0.4) is 0 Å². The monoisotopic (exact) mass is 397 g/mol. The summed E-state index contributed by atoms with van der Waals surface area (Å²) in [7, 11) is 0. The predicted molar refractivity (Wildman–Crippen MR) is 99.6 cm³/mol. The molecule has 1 aliphatic heterocycles. The van der Waals surface area contributed by atoms with Crippen LogP contribution in [0, 0.1) is 13.8 Å². The first-order valence-corrected chi connectivity index (χ1v) is 9.56. The fraction of sp³-hybridized carbons (Fsp3) is 0.412. The maximum atomic E-state index is 11.1. The van der Waals surface area contributed by atoms with Gasteiger partial charge in [0.25, 0.3) is 0 Å². The van der Waals surface area contributed by atoms with E-state index < -0.39 is 11.4 Å². The molecule has 1 aromatic heterocycles. The van der Waals surface area contributed by atoms with Gasteiger partial charge in [0.15, 0.2) is 0 Å². The molecule has 2 unspecified atom stereocenters. The summed E-state index contributed by atoms with van der Waals surface area (Å²) in [6.07, 6.45) is 1.95. The second-order valence-electron chi connectivity index (χ2n) is 5.91. The molecule has 2 atom stereocenters. The average molecular weight is 398 g/mol. The Hall–Kier alpha value is -1.74. The van der Waals surface area contributed by atoms with Crippen LogP contribution in [-0.2, 0) is 26.1 Å². The number of aromatic nitrogens is 2. The largest absolute Gasteiger partial charge is 0.491 e. The lowest BCUT2D eigenvalue weighted by atomic mass is 10.1. The van der Waals surface area contributed by atoms with E-state index in [4.69, 9.17) is 24.7 Å².